The number of anilines is 1. The van der Waals surface area contributed by atoms with Gasteiger partial charge in [0.1, 0.15) is 10.7 Å². The van der Waals surface area contributed by atoms with Crippen LogP contribution in [0.3, 0.4) is 0 Å². The van der Waals surface area contributed by atoms with Gasteiger partial charge in [-0.1, -0.05) is 0 Å². The molecule has 1 N–H and O–H groups in total. The standard InChI is InChI=1S/C12H11F4NO2S/c1-2-3-4-7-17-10-6-5-9(13)8-11(10)20(18,19)12(14,15)16/h1,5-6,8,17H,3-4,7H2. The van der Waals surface area contributed by atoms with Crippen LogP contribution in [0.15, 0.2) is 23.1 Å². The number of halogens is 4. The van der Waals surface area contributed by atoms with Gasteiger partial charge in [0.15, 0.2) is 0 Å². The summed E-state index contributed by atoms with van der Waals surface area (Å²) in [5, 5.41) is 2.51. The maximum Gasteiger partial charge on any atom is 0.501 e. The number of sulfone groups is 1. The van der Waals surface area contributed by atoms with Gasteiger partial charge < -0.3 is 5.32 Å². The van der Waals surface area contributed by atoms with E-state index in [4.69, 9.17) is 6.42 Å². The van der Waals surface area contributed by atoms with Crippen molar-refractivity contribution in [3.63, 3.8) is 0 Å². The Morgan fingerprint density at radius 1 is 1.30 bits per heavy atom. The number of rotatable bonds is 5. The molecule has 0 saturated carbocycles. The summed E-state index contributed by atoms with van der Waals surface area (Å²) < 4.78 is 73.3. The van der Waals surface area contributed by atoms with Gasteiger partial charge >= 0.3 is 5.51 Å². The summed E-state index contributed by atoms with van der Waals surface area (Å²) in [5.41, 5.74) is -5.79. The van der Waals surface area contributed by atoms with E-state index in [-0.39, 0.29) is 12.2 Å². The topological polar surface area (TPSA) is 46.2 Å². The molecule has 3 nitrogen and oxygen atoms in total. The maximum atomic E-state index is 13.0. The first kappa shape index (κ1) is 16.3. The first-order valence-corrected chi connectivity index (χ1v) is 6.96. The monoisotopic (exact) mass is 309 g/mol. The van der Waals surface area contributed by atoms with Gasteiger partial charge in [0.2, 0.25) is 0 Å². The highest BCUT2D eigenvalue weighted by atomic mass is 32.2. The number of hydrogen-bond acceptors (Lipinski definition) is 3. The molecular weight excluding hydrogens is 298 g/mol. The summed E-state index contributed by atoms with van der Waals surface area (Å²) in [5.74, 6) is 1.27. The molecule has 1 aromatic rings. The smallest absolute Gasteiger partial charge is 0.384 e. The molecule has 1 rings (SSSR count). The Morgan fingerprint density at radius 2 is 1.95 bits per heavy atom. The second-order valence-electron chi connectivity index (χ2n) is 3.82. The molecule has 0 fully saturated rings. The second-order valence-corrected chi connectivity index (χ2v) is 5.73. The third-order valence-corrected chi connectivity index (χ3v) is 3.88. The SMILES string of the molecule is C#CCCCNc1ccc(F)cc1S(=O)(=O)C(F)(F)F. The molecule has 0 saturated heterocycles. The lowest BCUT2D eigenvalue weighted by Crippen LogP contribution is -2.24. The van der Waals surface area contributed by atoms with Gasteiger partial charge in [-0.05, 0) is 24.6 Å². The Hall–Kier alpha value is -1.75. The van der Waals surface area contributed by atoms with Crippen LogP contribution in [0, 0.1) is 18.2 Å². The molecule has 0 unspecified atom stereocenters. The van der Waals surface area contributed by atoms with E-state index < -0.39 is 26.1 Å². The van der Waals surface area contributed by atoms with Gasteiger partial charge in [0, 0.05) is 13.0 Å². The van der Waals surface area contributed by atoms with Crippen molar-refractivity contribution in [3.8, 4) is 12.3 Å². The number of alkyl halides is 3. The van der Waals surface area contributed by atoms with Crippen LogP contribution in [-0.2, 0) is 9.84 Å². The van der Waals surface area contributed by atoms with E-state index in [1.807, 2.05) is 0 Å². The molecule has 0 aliphatic heterocycles. The summed E-state index contributed by atoms with van der Waals surface area (Å²) in [6.45, 7) is 0.177. The molecule has 0 aliphatic rings. The average molecular weight is 309 g/mol. The fourth-order valence-corrected chi connectivity index (χ4v) is 2.35. The highest BCUT2D eigenvalue weighted by molar-refractivity contribution is 7.92. The fraction of sp³-hybridized carbons (Fsp3) is 0.333. The van der Waals surface area contributed by atoms with Crippen molar-refractivity contribution in [3.05, 3.63) is 24.0 Å². The van der Waals surface area contributed by atoms with Crippen LogP contribution in [0.5, 0.6) is 0 Å². The van der Waals surface area contributed by atoms with Crippen LogP contribution < -0.4 is 5.32 Å². The van der Waals surface area contributed by atoms with Crippen LogP contribution in [0.2, 0.25) is 0 Å². The minimum atomic E-state index is -5.62. The number of benzene rings is 1. The van der Waals surface area contributed by atoms with Crippen molar-refractivity contribution in [2.24, 2.45) is 0 Å². The predicted octanol–water partition coefficient (Wildman–Crippen LogP) is 2.94. The first-order chi connectivity index (χ1) is 9.20. The molecule has 0 amide bonds. The quantitative estimate of drug-likeness (QED) is 0.517. The lowest BCUT2D eigenvalue weighted by Gasteiger charge is -2.14. The molecule has 110 valence electrons. The number of hydrogen-bond donors (Lipinski definition) is 1. The third kappa shape index (κ3) is 3.63. The molecule has 0 spiro atoms. The summed E-state index contributed by atoms with van der Waals surface area (Å²) in [6, 6.07) is 2.16. The highest BCUT2D eigenvalue weighted by Gasteiger charge is 2.48. The van der Waals surface area contributed by atoms with Gasteiger partial charge in [-0.15, -0.1) is 12.3 Å². The molecule has 1 aromatic carbocycles. The molecule has 0 aliphatic carbocycles. The summed E-state index contributed by atoms with van der Waals surface area (Å²) >= 11 is 0. The van der Waals surface area contributed by atoms with E-state index >= 15 is 0 Å². The van der Waals surface area contributed by atoms with E-state index in [2.05, 4.69) is 11.2 Å². The molecule has 0 atom stereocenters. The van der Waals surface area contributed by atoms with E-state index in [1.54, 1.807) is 0 Å². The predicted molar refractivity (Wildman–Crippen MR) is 66.2 cm³/mol. The molecular formula is C12H11F4NO2S. The molecule has 0 radical (unpaired) electrons. The second kappa shape index (κ2) is 6.13. The number of terminal acetylenes is 1. The van der Waals surface area contributed by atoms with Crippen molar-refractivity contribution in [1.29, 1.82) is 0 Å². The first-order valence-electron chi connectivity index (χ1n) is 5.48. The van der Waals surface area contributed by atoms with Gasteiger partial charge in [-0.3, -0.25) is 0 Å². The minimum absolute atomic E-state index is 0.177. The number of nitrogens with one attached hydrogen (secondary N) is 1. The minimum Gasteiger partial charge on any atom is -0.384 e. The Kier molecular flexibility index (Phi) is 5.00. The highest BCUT2D eigenvalue weighted by Crippen LogP contribution is 2.34. The Balaban J connectivity index is 3.13. The van der Waals surface area contributed by atoms with Crippen molar-refractivity contribution in [1.82, 2.24) is 0 Å². The van der Waals surface area contributed by atoms with Crippen LogP contribution in [0.1, 0.15) is 12.8 Å². The van der Waals surface area contributed by atoms with Crippen LogP contribution >= 0.6 is 0 Å². The molecule has 20 heavy (non-hydrogen) atoms. The Morgan fingerprint density at radius 3 is 2.50 bits per heavy atom. The van der Waals surface area contributed by atoms with Crippen LogP contribution in [0.25, 0.3) is 0 Å². The maximum absolute atomic E-state index is 13.0. The normalized spacial score (nSPS) is 11.9. The zero-order valence-corrected chi connectivity index (χ0v) is 11.0. The van der Waals surface area contributed by atoms with E-state index in [0.717, 1.165) is 12.1 Å². The lowest BCUT2D eigenvalue weighted by molar-refractivity contribution is -0.0435. The third-order valence-electron chi connectivity index (χ3n) is 2.35. The largest absolute Gasteiger partial charge is 0.501 e. The van der Waals surface area contributed by atoms with E-state index in [9.17, 15) is 26.0 Å². The van der Waals surface area contributed by atoms with E-state index in [1.165, 1.54) is 0 Å². The molecule has 8 heteroatoms. The van der Waals surface area contributed by atoms with Crippen molar-refractivity contribution in [2.75, 3.05) is 11.9 Å². The average Bonchev–Trinajstić information content (AvgIpc) is 2.34. The van der Waals surface area contributed by atoms with E-state index in [0.29, 0.717) is 18.9 Å². The molecule has 0 bridgehead atoms. The summed E-state index contributed by atoms with van der Waals surface area (Å²) in [7, 11) is -5.62. The number of unbranched alkanes of at least 4 members (excludes halogenated alkanes) is 1. The van der Waals surface area contributed by atoms with Gasteiger partial charge in [0.05, 0.1) is 5.69 Å². The Bertz CT molecular complexity index is 617. The van der Waals surface area contributed by atoms with Gasteiger partial charge in [-0.25, -0.2) is 12.8 Å². The van der Waals surface area contributed by atoms with Crippen LogP contribution in [-0.4, -0.2) is 20.5 Å². The molecule has 0 aromatic heterocycles. The Labute approximate surface area is 113 Å². The fourth-order valence-electron chi connectivity index (χ4n) is 1.40. The zero-order valence-electron chi connectivity index (χ0n) is 10.2. The lowest BCUT2D eigenvalue weighted by atomic mass is 10.3. The summed E-state index contributed by atoms with van der Waals surface area (Å²) in [4.78, 5) is -1.13. The van der Waals surface area contributed by atoms with Gasteiger partial charge in [-0.2, -0.15) is 13.2 Å². The zero-order chi connectivity index (χ0) is 15.4. The van der Waals surface area contributed by atoms with Crippen molar-refractivity contribution in [2.45, 2.75) is 23.2 Å². The van der Waals surface area contributed by atoms with Crippen molar-refractivity contribution >= 4 is 15.5 Å². The summed E-state index contributed by atoms with van der Waals surface area (Å²) in [6.07, 6.45) is 5.84. The molecule has 0 heterocycles. The van der Waals surface area contributed by atoms with Gasteiger partial charge in [0.25, 0.3) is 9.84 Å². The van der Waals surface area contributed by atoms with Crippen LogP contribution in [0.4, 0.5) is 23.2 Å². The van der Waals surface area contributed by atoms with Crippen molar-refractivity contribution < 1.29 is 26.0 Å².